The molecule has 3 unspecified atom stereocenters. The van der Waals surface area contributed by atoms with E-state index in [2.05, 4.69) is 25.9 Å². The molecule has 0 aliphatic carbocycles. The molecule has 14 nitrogen and oxygen atoms in total. The van der Waals surface area contributed by atoms with Gasteiger partial charge in [-0.25, -0.2) is 4.98 Å². The number of carboxylic acids is 1. The van der Waals surface area contributed by atoms with Gasteiger partial charge in [0.15, 0.2) is 0 Å². The number of phenols is 1. The molecule has 1 heterocycles. The molecule has 0 bridgehead atoms. The quantitative estimate of drug-likeness (QED) is 0.145. The number of aromatic amines is 1. The molecule has 0 aliphatic heterocycles. The van der Waals surface area contributed by atoms with Crippen molar-refractivity contribution in [2.45, 2.75) is 37.4 Å². The molecule has 3 atom stereocenters. The Hall–Kier alpha value is -4.46. The Morgan fingerprint density at radius 2 is 1.63 bits per heavy atom. The standard InChI is InChI=1S/C21H27N7O7/c22-14(5-11-1-3-13(29)4-2-11)19(33)27-15(6-12-8-24-10-26-12)21(35)28-16(7-17(23)30)20(34)25-9-18(31)32/h1-4,8,10,14-16,29H,5-7,9,22H2,(H2,23,30)(H,24,26)(H,25,34)(H,27,33)(H,28,35)(H,31,32). The highest BCUT2D eigenvalue weighted by Gasteiger charge is 2.29. The fraction of sp³-hybridized carbons (Fsp3) is 0.333. The number of aromatic hydroxyl groups is 1. The SMILES string of the molecule is NC(=O)CC(NC(=O)C(Cc1cnc[nH]1)NC(=O)C(N)Cc1ccc(O)cc1)C(=O)NCC(=O)O. The van der Waals surface area contributed by atoms with Gasteiger partial charge in [-0.3, -0.25) is 24.0 Å². The molecule has 2 aromatic rings. The van der Waals surface area contributed by atoms with Crippen LogP contribution >= 0.6 is 0 Å². The Labute approximate surface area is 199 Å². The van der Waals surface area contributed by atoms with E-state index in [-0.39, 0.29) is 18.6 Å². The van der Waals surface area contributed by atoms with Gasteiger partial charge in [0.2, 0.25) is 23.6 Å². The van der Waals surface area contributed by atoms with Gasteiger partial charge in [0.1, 0.15) is 24.4 Å². The minimum atomic E-state index is -1.47. The summed E-state index contributed by atoms with van der Waals surface area (Å²) in [6.45, 7) is -0.732. The van der Waals surface area contributed by atoms with Crippen LogP contribution in [-0.2, 0) is 36.8 Å². The predicted molar refractivity (Wildman–Crippen MR) is 120 cm³/mol. The van der Waals surface area contributed by atoms with Crippen LogP contribution in [0.3, 0.4) is 0 Å². The van der Waals surface area contributed by atoms with E-state index in [0.717, 1.165) is 0 Å². The second kappa shape index (κ2) is 12.7. The van der Waals surface area contributed by atoms with Gasteiger partial charge in [-0.2, -0.15) is 0 Å². The number of rotatable bonds is 13. The summed E-state index contributed by atoms with van der Waals surface area (Å²) in [5, 5.41) is 25.0. The second-order valence-corrected chi connectivity index (χ2v) is 7.66. The Balaban J connectivity index is 2.13. The highest BCUT2D eigenvalue weighted by atomic mass is 16.4. The van der Waals surface area contributed by atoms with Crippen LogP contribution in [0.25, 0.3) is 0 Å². The summed E-state index contributed by atoms with van der Waals surface area (Å²) in [6, 6.07) is 2.36. The minimum Gasteiger partial charge on any atom is -0.508 e. The molecule has 4 amide bonds. The van der Waals surface area contributed by atoms with Crippen molar-refractivity contribution in [1.29, 1.82) is 0 Å². The largest absolute Gasteiger partial charge is 0.508 e. The van der Waals surface area contributed by atoms with Crippen molar-refractivity contribution in [1.82, 2.24) is 25.9 Å². The van der Waals surface area contributed by atoms with Crippen molar-refractivity contribution < 1.29 is 34.2 Å². The predicted octanol–water partition coefficient (Wildman–Crippen LogP) is -2.73. The molecule has 0 aliphatic rings. The molecule has 0 saturated heterocycles. The third-order valence-corrected chi connectivity index (χ3v) is 4.79. The van der Waals surface area contributed by atoms with Crippen molar-refractivity contribution in [3.05, 3.63) is 48.0 Å². The third-order valence-electron chi connectivity index (χ3n) is 4.79. The first kappa shape index (κ1) is 26.8. The summed E-state index contributed by atoms with van der Waals surface area (Å²) < 4.78 is 0. The first-order valence-electron chi connectivity index (χ1n) is 10.4. The van der Waals surface area contributed by atoms with Gasteiger partial charge < -0.3 is 42.6 Å². The number of amides is 4. The normalized spacial score (nSPS) is 13.2. The van der Waals surface area contributed by atoms with Crippen molar-refractivity contribution in [2.75, 3.05) is 6.54 Å². The van der Waals surface area contributed by atoms with Gasteiger partial charge in [0.05, 0.1) is 18.8 Å². The Kier molecular flexibility index (Phi) is 9.71. The lowest BCUT2D eigenvalue weighted by molar-refractivity contribution is -0.138. The Morgan fingerprint density at radius 3 is 2.20 bits per heavy atom. The average molecular weight is 489 g/mol. The lowest BCUT2D eigenvalue weighted by Crippen LogP contribution is -2.57. The maximum absolute atomic E-state index is 13.0. The maximum atomic E-state index is 13.0. The van der Waals surface area contributed by atoms with E-state index in [9.17, 15) is 29.1 Å². The molecule has 1 aromatic carbocycles. The van der Waals surface area contributed by atoms with E-state index in [0.29, 0.717) is 11.3 Å². The number of phenolic OH excluding ortho intramolecular Hbond substituents is 1. The van der Waals surface area contributed by atoms with Crippen LogP contribution in [0.1, 0.15) is 17.7 Å². The number of primary amides is 1. The third kappa shape index (κ3) is 9.13. The van der Waals surface area contributed by atoms with Crippen molar-refractivity contribution >= 4 is 29.6 Å². The Bertz CT molecular complexity index is 1040. The number of nitrogens with zero attached hydrogens (tertiary/aromatic N) is 1. The van der Waals surface area contributed by atoms with Crippen molar-refractivity contribution in [3.63, 3.8) is 0 Å². The number of benzene rings is 1. The van der Waals surface area contributed by atoms with Crippen LogP contribution in [0.4, 0.5) is 0 Å². The minimum absolute atomic E-state index is 0.0520. The molecule has 188 valence electrons. The van der Waals surface area contributed by atoms with Gasteiger partial charge in [-0.05, 0) is 24.1 Å². The molecule has 14 heteroatoms. The summed E-state index contributed by atoms with van der Waals surface area (Å²) in [5.41, 5.74) is 12.3. The average Bonchev–Trinajstić information content (AvgIpc) is 3.30. The number of carboxylic acid groups (broad SMARTS) is 1. The number of nitrogens with one attached hydrogen (secondary N) is 4. The molecule has 2 rings (SSSR count). The van der Waals surface area contributed by atoms with Gasteiger partial charge in [-0.15, -0.1) is 0 Å². The highest BCUT2D eigenvalue weighted by molar-refractivity contribution is 5.95. The van der Waals surface area contributed by atoms with Crippen molar-refractivity contribution in [2.24, 2.45) is 11.5 Å². The molecule has 0 radical (unpaired) electrons. The molecule has 1 aromatic heterocycles. The number of aliphatic carboxylic acids is 1. The lowest BCUT2D eigenvalue weighted by Gasteiger charge is -2.23. The summed E-state index contributed by atoms with van der Waals surface area (Å²) in [5.74, 6) is -4.61. The number of imidazole rings is 1. The van der Waals surface area contributed by atoms with Gasteiger partial charge in [0.25, 0.3) is 0 Å². The molecular formula is C21H27N7O7. The number of carbonyl (C=O) groups excluding carboxylic acids is 4. The number of H-pyrrole nitrogens is 1. The number of nitrogens with two attached hydrogens (primary N) is 2. The molecule has 35 heavy (non-hydrogen) atoms. The summed E-state index contributed by atoms with van der Waals surface area (Å²) in [4.78, 5) is 66.7. The number of carbonyl (C=O) groups is 5. The number of hydrogen-bond acceptors (Lipinski definition) is 8. The first-order valence-corrected chi connectivity index (χ1v) is 10.4. The molecular weight excluding hydrogens is 462 g/mol. The highest BCUT2D eigenvalue weighted by Crippen LogP contribution is 2.11. The zero-order valence-electron chi connectivity index (χ0n) is 18.6. The zero-order valence-corrected chi connectivity index (χ0v) is 18.6. The van der Waals surface area contributed by atoms with Crippen LogP contribution < -0.4 is 27.4 Å². The lowest BCUT2D eigenvalue weighted by atomic mass is 10.0. The summed E-state index contributed by atoms with van der Waals surface area (Å²) >= 11 is 0. The number of hydrogen-bond donors (Lipinski definition) is 8. The van der Waals surface area contributed by atoms with Crippen LogP contribution in [0.5, 0.6) is 5.75 Å². The first-order chi connectivity index (χ1) is 16.5. The zero-order chi connectivity index (χ0) is 26.0. The molecule has 10 N–H and O–H groups in total. The fourth-order valence-corrected chi connectivity index (χ4v) is 3.05. The van der Waals surface area contributed by atoms with Gasteiger partial charge in [-0.1, -0.05) is 12.1 Å². The van der Waals surface area contributed by atoms with Gasteiger partial charge in [0, 0.05) is 18.3 Å². The van der Waals surface area contributed by atoms with E-state index >= 15 is 0 Å². The maximum Gasteiger partial charge on any atom is 0.322 e. The fourth-order valence-electron chi connectivity index (χ4n) is 3.05. The monoisotopic (exact) mass is 489 g/mol. The van der Waals surface area contributed by atoms with E-state index in [1.807, 2.05) is 0 Å². The number of aromatic nitrogens is 2. The van der Waals surface area contributed by atoms with Crippen LogP contribution in [-0.4, -0.2) is 74.4 Å². The summed E-state index contributed by atoms with van der Waals surface area (Å²) in [7, 11) is 0. The van der Waals surface area contributed by atoms with E-state index in [4.69, 9.17) is 16.6 Å². The van der Waals surface area contributed by atoms with Crippen molar-refractivity contribution in [3.8, 4) is 5.75 Å². The molecule has 0 fully saturated rings. The molecule has 0 saturated carbocycles. The van der Waals surface area contributed by atoms with Crippen LogP contribution in [0.15, 0.2) is 36.8 Å². The van der Waals surface area contributed by atoms with E-state index in [1.54, 1.807) is 12.1 Å². The van der Waals surface area contributed by atoms with Crippen LogP contribution in [0.2, 0.25) is 0 Å². The summed E-state index contributed by atoms with van der Waals surface area (Å²) in [6.07, 6.45) is 2.28. The Morgan fingerprint density at radius 1 is 0.971 bits per heavy atom. The van der Waals surface area contributed by atoms with Crippen LogP contribution in [0, 0.1) is 0 Å². The topological polar surface area (TPSA) is 243 Å². The molecule has 0 spiro atoms. The smallest absolute Gasteiger partial charge is 0.322 e. The van der Waals surface area contributed by atoms with E-state index in [1.165, 1.54) is 24.7 Å². The van der Waals surface area contributed by atoms with Gasteiger partial charge >= 0.3 is 5.97 Å². The van der Waals surface area contributed by atoms with E-state index < -0.39 is 60.7 Å². The second-order valence-electron chi connectivity index (χ2n) is 7.66.